The fourth-order valence-corrected chi connectivity index (χ4v) is 2.52. The van der Waals surface area contributed by atoms with Crippen molar-refractivity contribution >= 4 is 21.8 Å². The van der Waals surface area contributed by atoms with Gasteiger partial charge in [0.1, 0.15) is 12.2 Å². The number of unbranched alkanes of at least 4 members (excludes halogenated alkanes) is 1. The van der Waals surface area contributed by atoms with Crippen molar-refractivity contribution < 1.29 is 18.0 Å². The molecule has 0 bridgehead atoms. The van der Waals surface area contributed by atoms with Crippen LogP contribution in [0.4, 0.5) is 13.2 Å². The number of alkyl halides is 3. The van der Waals surface area contributed by atoms with E-state index < -0.39 is 18.6 Å². The van der Waals surface area contributed by atoms with Crippen LogP contribution in [-0.4, -0.2) is 34.6 Å². The zero-order chi connectivity index (χ0) is 16.0. The predicted molar refractivity (Wildman–Crippen MR) is 79.3 cm³/mol. The lowest BCUT2D eigenvalue weighted by Crippen LogP contribution is -2.40. The van der Waals surface area contributed by atoms with E-state index in [1.165, 1.54) is 0 Å². The third-order valence-corrected chi connectivity index (χ3v) is 3.42. The third kappa shape index (κ3) is 5.73. The first kappa shape index (κ1) is 18.1. The molecule has 1 aromatic rings. The lowest BCUT2D eigenvalue weighted by Gasteiger charge is -2.24. The Morgan fingerprint density at radius 3 is 2.52 bits per heavy atom. The van der Waals surface area contributed by atoms with Gasteiger partial charge < -0.3 is 9.47 Å². The number of hydrogen-bond acceptors (Lipinski definition) is 1. The van der Waals surface area contributed by atoms with E-state index in [4.69, 9.17) is 0 Å². The van der Waals surface area contributed by atoms with Crippen molar-refractivity contribution in [3.05, 3.63) is 22.4 Å². The summed E-state index contributed by atoms with van der Waals surface area (Å²) < 4.78 is 40.4. The summed E-state index contributed by atoms with van der Waals surface area (Å²) in [6.07, 6.45) is -0.570. The molecule has 0 aliphatic rings. The molecule has 0 atom stereocenters. The molecule has 0 unspecified atom stereocenters. The molecular formula is C14H20BrF3N2O. The summed E-state index contributed by atoms with van der Waals surface area (Å²) in [7, 11) is 0. The van der Waals surface area contributed by atoms with Crippen molar-refractivity contribution in [3.8, 4) is 0 Å². The fourth-order valence-electron chi connectivity index (χ4n) is 2.06. The summed E-state index contributed by atoms with van der Waals surface area (Å²) in [5.74, 6) is -0.570. The molecule has 0 spiro atoms. The molecule has 7 heteroatoms. The number of carbonyl (C=O) groups is 1. The van der Waals surface area contributed by atoms with Crippen molar-refractivity contribution in [2.24, 2.45) is 0 Å². The minimum Gasteiger partial charge on any atom is -0.342 e. The van der Waals surface area contributed by atoms with Crippen molar-refractivity contribution in [1.82, 2.24) is 9.47 Å². The highest BCUT2D eigenvalue weighted by Crippen LogP contribution is 2.21. The zero-order valence-electron chi connectivity index (χ0n) is 12.2. The van der Waals surface area contributed by atoms with Gasteiger partial charge in [-0.05, 0) is 34.8 Å². The average molecular weight is 369 g/mol. The maximum atomic E-state index is 12.7. The van der Waals surface area contributed by atoms with E-state index in [-0.39, 0.29) is 6.54 Å². The number of nitrogens with zero attached hydrogens (tertiary/aromatic N) is 2. The molecule has 0 aliphatic carbocycles. The largest absolute Gasteiger partial charge is 0.406 e. The van der Waals surface area contributed by atoms with Gasteiger partial charge in [-0.15, -0.1) is 0 Å². The lowest BCUT2D eigenvalue weighted by molar-refractivity contribution is -0.140. The van der Waals surface area contributed by atoms with Gasteiger partial charge in [0.15, 0.2) is 0 Å². The predicted octanol–water partition coefficient (Wildman–Crippen LogP) is 4.47. The van der Waals surface area contributed by atoms with Gasteiger partial charge in [0.2, 0.25) is 0 Å². The molecule has 1 aromatic heterocycles. The molecule has 0 aromatic carbocycles. The van der Waals surface area contributed by atoms with Crippen LogP contribution in [0.25, 0.3) is 0 Å². The fraction of sp³-hybridized carbons (Fsp3) is 0.643. The number of hydrogen-bond donors (Lipinski definition) is 0. The quantitative estimate of drug-likeness (QED) is 0.697. The van der Waals surface area contributed by atoms with Gasteiger partial charge in [0.25, 0.3) is 5.91 Å². The zero-order valence-corrected chi connectivity index (χ0v) is 13.8. The highest BCUT2D eigenvalue weighted by Gasteiger charge is 2.33. The molecule has 21 heavy (non-hydrogen) atoms. The van der Waals surface area contributed by atoms with Crippen LogP contribution in [0.15, 0.2) is 16.7 Å². The number of carbonyl (C=O) groups excluding carboxylic acids is 1. The average Bonchev–Trinajstić information content (AvgIpc) is 2.74. The van der Waals surface area contributed by atoms with Gasteiger partial charge in [-0.3, -0.25) is 4.79 Å². The second-order valence-corrected chi connectivity index (χ2v) is 5.85. The first-order valence-electron chi connectivity index (χ1n) is 7.00. The van der Waals surface area contributed by atoms with Crippen LogP contribution in [0.3, 0.4) is 0 Å². The second kappa shape index (κ2) is 7.87. The van der Waals surface area contributed by atoms with E-state index in [0.29, 0.717) is 23.1 Å². The number of rotatable bonds is 7. The van der Waals surface area contributed by atoms with Crippen LogP contribution in [0, 0.1) is 0 Å². The Bertz CT molecular complexity index is 471. The molecule has 120 valence electrons. The molecule has 0 saturated carbocycles. The summed E-state index contributed by atoms with van der Waals surface area (Å²) in [6, 6.07) is 1.58. The summed E-state index contributed by atoms with van der Waals surface area (Å²) in [6.45, 7) is 3.34. The SMILES string of the molecule is CCCCN(CC(F)(F)F)C(=O)c1cc(Br)cn1CCC. The van der Waals surface area contributed by atoms with Crippen LogP contribution >= 0.6 is 15.9 Å². The third-order valence-electron chi connectivity index (χ3n) is 2.99. The molecule has 1 rings (SSSR count). The minimum atomic E-state index is -4.39. The molecule has 0 fully saturated rings. The van der Waals surface area contributed by atoms with E-state index in [2.05, 4.69) is 15.9 Å². The van der Waals surface area contributed by atoms with Crippen molar-refractivity contribution in [2.75, 3.05) is 13.1 Å². The summed E-state index contributed by atoms with van der Waals surface area (Å²) >= 11 is 3.27. The van der Waals surface area contributed by atoms with Gasteiger partial charge in [0, 0.05) is 23.8 Å². The molecule has 0 saturated heterocycles. The molecular weight excluding hydrogens is 349 g/mol. The van der Waals surface area contributed by atoms with E-state index in [9.17, 15) is 18.0 Å². The number of amides is 1. The maximum absolute atomic E-state index is 12.7. The van der Waals surface area contributed by atoms with Gasteiger partial charge in [-0.25, -0.2) is 0 Å². The van der Waals surface area contributed by atoms with Crippen LogP contribution in [0.5, 0.6) is 0 Å². The van der Waals surface area contributed by atoms with Gasteiger partial charge in [-0.2, -0.15) is 13.2 Å². The Balaban J connectivity index is 2.98. The summed E-state index contributed by atoms with van der Waals surface area (Å²) in [4.78, 5) is 13.3. The highest BCUT2D eigenvalue weighted by molar-refractivity contribution is 9.10. The summed E-state index contributed by atoms with van der Waals surface area (Å²) in [5.41, 5.74) is 0.295. The number of aromatic nitrogens is 1. The van der Waals surface area contributed by atoms with E-state index in [1.807, 2.05) is 13.8 Å². The van der Waals surface area contributed by atoms with Gasteiger partial charge >= 0.3 is 6.18 Å². The summed E-state index contributed by atoms with van der Waals surface area (Å²) in [5, 5.41) is 0. The van der Waals surface area contributed by atoms with Crippen LogP contribution in [-0.2, 0) is 6.54 Å². The van der Waals surface area contributed by atoms with E-state index in [1.54, 1.807) is 16.8 Å². The normalized spacial score (nSPS) is 11.7. The Labute approximate surface area is 131 Å². The second-order valence-electron chi connectivity index (χ2n) is 4.93. The Morgan fingerprint density at radius 2 is 2.00 bits per heavy atom. The van der Waals surface area contributed by atoms with Crippen LogP contribution in [0.2, 0.25) is 0 Å². The smallest absolute Gasteiger partial charge is 0.342 e. The molecule has 1 amide bonds. The topological polar surface area (TPSA) is 25.2 Å². The van der Waals surface area contributed by atoms with E-state index in [0.717, 1.165) is 17.7 Å². The molecule has 0 radical (unpaired) electrons. The maximum Gasteiger partial charge on any atom is 0.406 e. The Hall–Kier alpha value is -0.980. The molecule has 1 heterocycles. The standard InChI is InChI=1S/C14H20BrF3N2O/c1-3-5-7-20(10-14(16,17)18)13(21)12-8-11(15)9-19(12)6-4-2/h8-9H,3-7,10H2,1-2H3. The first-order chi connectivity index (χ1) is 9.78. The molecule has 0 N–H and O–H groups in total. The Kier molecular flexibility index (Phi) is 6.77. The number of aryl methyl sites for hydroxylation is 1. The highest BCUT2D eigenvalue weighted by atomic mass is 79.9. The van der Waals surface area contributed by atoms with Crippen molar-refractivity contribution in [3.63, 3.8) is 0 Å². The first-order valence-corrected chi connectivity index (χ1v) is 7.79. The van der Waals surface area contributed by atoms with Crippen LogP contribution < -0.4 is 0 Å². The van der Waals surface area contributed by atoms with E-state index >= 15 is 0 Å². The van der Waals surface area contributed by atoms with Crippen molar-refractivity contribution in [1.29, 1.82) is 0 Å². The molecule has 0 aliphatic heterocycles. The number of halogens is 4. The lowest BCUT2D eigenvalue weighted by atomic mass is 10.2. The van der Waals surface area contributed by atoms with Crippen LogP contribution in [0.1, 0.15) is 43.6 Å². The monoisotopic (exact) mass is 368 g/mol. The van der Waals surface area contributed by atoms with Gasteiger partial charge in [-0.1, -0.05) is 20.3 Å². The van der Waals surface area contributed by atoms with Crippen molar-refractivity contribution in [2.45, 2.75) is 45.8 Å². The molecule has 3 nitrogen and oxygen atoms in total. The Morgan fingerprint density at radius 1 is 1.33 bits per heavy atom. The van der Waals surface area contributed by atoms with Gasteiger partial charge in [0.05, 0.1) is 0 Å². The minimum absolute atomic E-state index is 0.115.